The van der Waals surface area contributed by atoms with Crippen molar-refractivity contribution in [3.8, 4) is 17.2 Å². The molecule has 0 saturated carbocycles. The topological polar surface area (TPSA) is 97.4 Å². The molecule has 0 unspecified atom stereocenters. The summed E-state index contributed by atoms with van der Waals surface area (Å²) in [5.74, 6) is -0.0243. The van der Waals surface area contributed by atoms with E-state index in [2.05, 4.69) is 10.2 Å². The Bertz CT molecular complexity index is 1490. The van der Waals surface area contributed by atoms with Crippen molar-refractivity contribution >= 4 is 44.8 Å². The predicted octanol–water partition coefficient (Wildman–Crippen LogP) is 4.92. The predicted molar refractivity (Wildman–Crippen MR) is 151 cm³/mol. The van der Waals surface area contributed by atoms with Gasteiger partial charge in [-0.1, -0.05) is 23.2 Å². The summed E-state index contributed by atoms with van der Waals surface area (Å²) in [6.07, 6.45) is 0. The number of hydrogen-bond acceptors (Lipinski definition) is 7. The summed E-state index contributed by atoms with van der Waals surface area (Å²) in [6, 6.07) is 11.4. The van der Waals surface area contributed by atoms with Crippen LogP contribution in [0.3, 0.4) is 0 Å². The number of hydrogen-bond donors (Lipinski definition) is 1. The highest BCUT2D eigenvalue weighted by Crippen LogP contribution is 2.38. The molecular weight excluding hydrogens is 584 g/mol. The van der Waals surface area contributed by atoms with Crippen LogP contribution >= 0.6 is 23.2 Å². The van der Waals surface area contributed by atoms with Gasteiger partial charge in [0.05, 0.1) is 31.4 Å². The Morgan fingerprint density at radius 1 is 0.900 bits per heavy atom. The number of benzene rings is 3. The Labute approximate surface area is 242 Å². The normalized spacial score (nSPS) is 14.6. The van der Waals surface area contributed by atoms with Gasteiger partial charge in [0.2, 0.25) is 15.8 Å². The van der Waals surface area contributed by atoms with Crippen molar-refractivity contribution < 1.29 is 31.8 Å². The number of anilines is 1. The number of rotatable bonds is 9. The average Bonchev–Trinajstić information content (AvgIpc) is 2.94. The lowest BCUT2D eigenvalue weighted by molar-refractivity contribution is 0.102. The molecule has 0 radical (unpaired) electrons. The van der Waals surface area contributed by atoms with E-state index in [0.717, 1.165) is 17.7 Å². The number of ether oxygens (including phenoxy) is 3. The van der Waals surface area contributed by atoms with Gasteiger partial charge in [0.25, 0.3) is 5.91 Å². The summed E-state index contributed by atoms with van der Waals surface area (Å²) in [5, 5.41) is 3.17. The average molecular weight is 613 g/mol. The maximum absolute atomic E-state index is 14.8. The fourth-order valence-electron chi connectivity index (χ4n) is 4.37. The second-order valence-corrected chi connectivity index (χ2v) is 11.7. The molecular formula is C27H28Cl2FN3O6S. The van der Waals surface area contributed by atoms with Gasteiger partial charge in [0.15, 0.2) is 11.5 Å². The molecule has 1 amide bonds. The third kappa shape index (κ3) is 6.45. The maximum atomic E-state index is 14.8. The van der Waals surface area contributed by atoms with E-state index < -0.39 is 26.6 Å². The smallest absolute Gasteiger partial charge is 0.255 e. The first kappa shape index (κ1) is 29.9. The molecule has 1 fully saturated rings. The minimum absolute atomic E-state index is 0.0212. The molecule has 0 aromatic heterocycles. The number of nitrogens with zero attached hydrogens (tertiary/aromatic N) is 2. The number of carbonyl (C=O) groups is 1. The molecule has 1 heterocycles. The number of methoxy groups -OCH3 is 3. The minimum atomic E-state index is -4.20. The highest BCUT2D eigenvalue weighted by atomic mass is 35.5. The zero-order chi connectivity index (χ0) is 29.0. The van der Waals surface area contributed by atoms with Gasteiger partial charge in [0.1, 0.15) is 10.7 Å². The third-order valence-corrected chi connectivity index (χ3v) is 9.10. The summed E-state index contributed by atoms with van der Waals surface area (Å²) in [4.78, 5) is 14.3. The van der Waals surface area contributed by atoms with Crippen LogP contribution in [0.25, 0.3) is 0 Å². The Hall–Kier alpha value is -3.09. The largest absolute Gasteiger partial charge is 0.493 e. The van der Waals surface area contributed by atoms with E-state index in [9.17, 15) is 17.6 Å². The second-order valence-electron chi connectivity index (χ2n) is 8.94. The van der Waals surface area contributed by atoms with Crippen molar-refractivity contribution in [1.29, 1.82) is 0 Å². The fraction of sp³-hybridized carbons (Fsp3) is 0.296. The standard InChI is InChI=1S/C27H28Cl2FN3O6S/c1-37-23-12-17(13-24(38-2)26(23)39-3)16-32-8-10-33(11-9-32)40(35,36)25-14-18(4-7-22(25)30)27(34)31-19-5-6-20(28)21(29)15-19/h4-7,12-15H,8-11,16H2,1-3H3,(H,31,34). The molecule has 13 heteroatoms. The van der Waals surface area contributed by atoms with Crippen LogP contribution < -0.4 is 19.5 Å². The van der Waals surface area contributed by atoms with E-state index in [1.54, 1.807) is 6.07 Å². The van der Waals surface area contributed by atoms with E-state index >= 15 is 0 Å². The molecule has 1 saturated heterocycles. The molecule has 0 bridgehead atoms. The van der Waals surface area contributed by atoms with Crippen molar-refractivity contribution in [1.82, 2.24) is 9.21 Å². The van der Waals surface area contributed by atoms with Gasteiger partial charge in [-0.25, -0.2) is 12.8 Å². The van der Waals surface area contributed by atoms with Crippen LogP contribution in [0.5, 0.6) is 17.2 Å². The number of amides is 1. The lowest BCUT2D eigenvalue weighted by atomic mass is 10.1. The quantitative estimate of drug-likeness (QED) is 0.367. The van der Waals surface area contributed by atoms with Gasteiger partial charge in [-0.3, -0.25) is 9.69 Å². The summed E-state index contributed by atoms with van der Waals surface area (Å²) < 4.78 is 58.9. The molecule has 214 valence electrons. The van der Waals surface area contributed by atoms with Gasteiger partial charge in [-0.2, -0.15) is 4.31 Å². The van der Waals surface area contributed by atoms with E-state index in [0.29, 0.717) is 47.6 Å². The molecule has 1 aliphatic heterocycles. The molecule has 9 nitrogen and oxygen atoms in total. The van der Waals surface area contributed by atoms with E-state index in [1.807, 2.05) is 12.1 Å². The van der Waals surface area contributed by atoms with Gasteiger partial charge in [-0.15, -0.1) is 0 Å². The van der Waals surface area contributed by atoms with Gasteiger partial charge in [-0.05, 0) is 54.1 Å². The van der Waals surface area contributed by atoms with E-state index in [-0.39, 0.29) is 23.7 Å². The molecule has 3 aromatic carbocycles. The molecule has 0 spiro atoms. The van der Waals surface area contributed by atoms with Crippen LogP contribution in [-0.4, -0.2) is 71.0 Å². The summed E-state index contributed by atoms with van der Waals surface area (Å²) in [6.45, 7) is 1.63. The molecule has 1 N–H and O–H groups in total. The second kappa shape index (κ2) is 12.6. The monoisotopic (exact) mass is 611 g/mol. The lowest BCUT2D eigenvalue weighted by Gasteiger charge is -2.34. The molecule has 40 heavy (non-hydrogen) atoms. The van der Waals surface area contributed by atoms with E-state index in [4.69, 9.17) is 37.4 Å². The van der Waals surface area contributed by atoms with Crippen molar-refractivity contribution in [2.75, 3.05) is 52.8 Å². The van der Waals surface area contributed by atoms with Crippen LogP contribution in [0.4, 0.5) is 10.1 Å². The third-order valence-electron chi connectivity index (χ3n) is 6.45. The highest BCUT2D eigenvalue weighted by Gasteiger charge is 2.31. The zero-order valence-corrected chi connectivity index (χ0v) is 24.4. The molecule has 0 aliphatic carbocycles. The minimum Gasteiger partial charge on any atom is -0.493 e. The van der Waals surface area contributed by atoms with Crippen molar-refractivity contribution in [2.24, 2.45) is 0 Å². The Morgan fingerprint density at radius 3 is 2.12 bits per heavy atom. The molecule has 3 aromatic rings. The highest BCUT2D eigenvalue weighted by molar-refractivity contribution is 7.89. The van der Waals surface area contributed by atoms with E-state index in [1.165, 1.54) is 43.8 Å². The number of sulfonamides is 1. The number of halogens is 3. The molecule has 1 aliphatic rings. The van der Waals surface area contributed by atoms with Crippen molar-refractivity contribution in [2.45, 2.75) is 11.4 Å². The lowest BCUT2D eigenvalue weighted by Crippen LogP contribution is -2.48. The first-order valence-electron chi connectivity index (χ1n) is 12.1. The first-order chi connectivity index (χ1) is 19.1. The Morgan fingerprint density at radius 2 is 1.55 bits per heavy atom. The Balaban J connectivity index is 1.46. The number of carbonyl (C=O) groups excluding carboxylic acids is 1. The molecule has 4 rings (SSSR count). The van der Waals surface area contributed by atoms with Crippen molar-refractivity contribution in [3.63, 3.8) is 0 Å². The van der Waals surface area contributed by atoms with Crippen LogP contribution in [-0.2, 0) is 16.6 Å². The van der Waals surface area contributed by atoms with Crippen LogP contribution in [0, 0.1) is 5.82 Å². The Kier molecular flexibility index (Phi) is 9.42. The summed E-state index contributed by atoms with van der Waals surface area (Å²) >= 11 is 11.9. The zero-order valence-electron chi connectivity index (χ0n) is 22.0. The summed E-state index contributed by atoms with van der Waals surface area (Å²) in [5.41, 5.74) is 1.24. The fourth-order valence-corrected chi connectivity index (χ4v) is 6.18. The number of nitrogens with one attached hydrogen (secondary N) is 1. The van der Waals surface area contributed by atoms with Crippen LogP contribution in [0.15, 0.2) is 53.4 Å². The maximum Gasteiger partial charge on any atom is 0.255 e. The van der Waals surface area contributed by atoms with Gasteiger partial charge < -0.3 is 19.5 Å². The summed E-state index contributed by atoms with van der Waals surface area (Å²) in [7, 11) is 0.399. The first-order valence-corrected chi connectivity index (χ1v) is 14.3. The van der Waals surface area contributed by atoms with Gasteiger partial charge >= 0.3 is 0 Å². The number of piperazine rings is 1. The van der Waals surface area contributed by atoms with Crippen LogP contribution in [0.1, 0.15) is 15.9 Å². The van der Waals surface area contributed by atoms with Gasteiger partial charge in [0, 0.05) is 44.0 Å². The molecule has 0 atom stereocenters. The van der Waals surface area contributed by atoms with Crippen molar-refractivity contribution in [3.05, 3.63) is 75.5 Å². The SMILES string of the molecule is COc1cc(CN2CCN(S(=O)(=O)c3cc(C(=O)Nc4ccc(Cl)c(Cl)c4)ccc3F)CC2)cc(OC)c1OC. The van der Waals surface area contributed by atoms with Crippen LogP contribution in [0.2, 0.25) is 10.0 Å².